The van der Waals surface area contributed by atoms with Crippen LogP contribution < -0.4 is 5.32 Å². The van der Waals surface area contributed by atoms with Gasteiger partial charge in [-0.25, -0.2) is 0 Å². The molecule has 1 nitrogen and oxygen atoms in total. The van der Waals surface area contributed by atoms with Crippen LogP contribution in [0.1, 0.15) is 58.3 Å². The van der Waals surface area contributed by atoms with E-state index in [1.807, 2.05) is 0 Å². The van der Waals surface area contributed by atoms with E-state index < -0.39 is 0 Å². The molecule has 0 bridgehead atoms. The quantitative estimate of drug-likeness (QED) is 0.663. The Hall–Kier alpha value is -0.0400. The first-order valence-electron chi connectivity index (χ1n) is 6.58. The molecule has 0 spiro atoms. The van der Waals surface area contributed by atoms with Crippen molar-refractivity contribution in [1.82, 2.24) is 5.32 Å². The van der Waals surface area contributed by atoms with Gasteiger partial charge in [-0.3, -0.25) is 0 Å². The zero-order chi connectivity index (χ0) is 9.80. The Bertz CT molecular complexity index is 163. The van der Waals surface area contributed by atoms with Crippen molar-refractivity contribution in [2.24, 2.45) is 11.8 Å². The molecule has 0 heterocycles. The summed E-state index contributed by atoms with van der Waals surface area (Å²) in [6.07, 6.45) is 11.7. The van der Waals surface area contributed by atoms with Gasteiger partial charge in [0.2, 0.25) is 0 Å². The Morgan fingerprint density at radius 3 is 2.71 bits per heavy atom. The molecule has 1 heteroatoms. The minimum absolute atomic E-state index is 0.903. The van der Waals surface area contributed by atoms with E-state index in [4.69, 9.17) is 0 Å². The molecule has 0 aromatic heterocycles. The van der Waals surface area contributed by atoms with Gasteiger partial charge in [-0.15, -0.1) is 0 Å². The van der Waals surface area contributed by atoms with Crippen molar-refractivity contribution in [2.75, 3.05) is 6.54 Å². The molecule has 0 aromatic carbocycles. The lowest BCUT2D eigenvalue weighted by Crippen LogP contribution is -2.19. The fourth-order valence-electron chi connectivity index (χ4n) is 2.81. The highest BCUT2D eigenvalue weighted by molar-refractivity contribution is 4.80. The van der Waals surface area contributed by atoms with E-state index in [1.165, 1.54) is 57.9 Å². The van der Waals surface area contributed by atoms with Crippen LogP contribution in [0.15, 0.2) is 0 Å². The molecular formula is C13H25N. The van der Waals surface area contributed by atoms with Crippen molar-refractivity contribution in [3.63, 3.8) is 0 Å². The van der Waals surface area contributed by atoms with Crippen molar-refractivity contribution >= 4 is 0 Å². The van der Waals surface area contributed by atoms with Crippen molar-refractivity contribution < 1.29 is 0 Å². The molecule has 2 atom stereocenters. The normalized spacial score (nSPS) is 33.2. The summed E-state index contributed by atoms with van der Waals surface area (Å²) in [5.41, 5.74) is 0. The van der Waals surface area contributed by atoms with Gasteiger partial charge in [0.05, 0.1) is 0 Å². The van der Waals surface area contributed by atoms with Crippen LogP contribution in [0.3, 0.4) is 0 Å². The van der Waals surface area contributed by atoms with E-state index in [0.29, 0.717) is 0 Å². The first-order chi connectivity index (χ1) is 6.84. The summed E-state index contributed by atoms with van der Waals surface area (Å²) in [7, 11) is 0. The smallest absolute Gasteiger partial charge is 0.00682 e. The lowest BCUT2D eigenvalue weighted by atomic mass is 9.80. The van der Waals surface area contributed by atoms with E-state index in [0.717, 1.165) is 17.9 Å². The maximum Gasteiger partial charge on any atom is 0.00682 e. The Morgan fingerprint density at radius 2 is 2.00 bits per heavy atom. The van der Waals surface area contributed by atoms with Gasteiger partial charge < -0.3 is 5.32 Å². The molecule has 2 saturated carbocycles. The van der Waals surface area contributed by atoms with Crippen molar-refractivity contribution in [1.29, 1.82) is 0 Å². The van der Waals surface area contributed by atoms with Gasteiger partial charge in [-0.1, -0.05) is 26.2 Å². The van der Waals surface area contributed by atoms with Gasteiger partial charge in [0.25, 0.3) is 0 Å². The molecule has 2 rings (SSSR count). The van der Waals surface area contributed by atoms with Crippen LogP contribution in [0, 0.1) is 11.8 Å². The highest BCUT2D eigenvalue weighted by Crippen LogP contribution is 2.31. The van der Waals surface area contributed by atoms with Crippen LogP contribution in [-0.2, 0) is 0 Å². The molecule has 2 unspecified atom stereocenters. The molecular weight excluding hydrogens is 170 g/mol. The number of hydrogen-bond acceptors (Lipinski definition) is 1. The standard InChI is InChI=1S/C13H25N/c1-11-4-2-5-12(10-11)6-3-9-14-13-7-8-13/h11-14H,2-10H2,1H3. The van der Waals surface area contributed by atoms with Crippen LogP contribution in [0.2, 0.25) is 0 Å². The summed E-state index contributed by atoms with van der Waals surface area (Å²) >= 11 is 0. The maximum atomic E-state index is 3.61. The van der Waals surface area contributed by atoms with Crippen molar-refractivity contribution in [3.8, 4) is 0 Å². The van der Waals surface area contributed by atoms with E-state index in [1.54, 1.807) is 0 Å². The van der Waals surface area contributed by atoms with Crippen molar-refractivity contribution in [2.45, 2.75) is 64.3 Å². The van der Waals surface area contributed by atoms with Crippen LogP contribution in [0.25, 0.3) is 0 Å². The van der Waals surface area contributed by atoms with E-state index in [9.17, 15) is 0 Å². The minimum Gasteiger partial charge on any atom is -0.314 e. The van der Waals surface area contributed by atoms with Crippen molar-refractivity contribution in [3.05, 3.63) is 0 Å². The molecule has 82 valence electrons. The molecule has 0 radical (unpaired) electrons. The third-order valence-corrected chi connectivity index (χ3v) is 3.84. The van der Waals surface area contributed by atoms with Gasteiger partial charge in [0.15, 0.2) is 0 Å². The lowest BCUT2D eigenvalue weighted by molar-refractivity contribution is 0.265. The van der Waals surface area contributed by atoms with E-state index in [-0.39, 0.29) is 0 Å². The minimum atomic E-state index is 0.903. The highest BCUT2D eigenvalue weighted by atomic mass is 14.9. The molecule has 2 aliphatic carbocycles. The van der Waals surface area contributed by atoms with E-state index >= 15 is 0 Å². The Labute approximate surface area is 88.7 Å². The number of hydrogen-bond donors (Lipinski definition) is 1. The average molecular weight is 195 g/mol. The maximum absolute atomic E-state index is 3.61. The van der Waals surface area contributed by atoms with Gasteiger partial charge in [-0.05, 0) is 50.5 Å². The molecule has 0 amide bonds. The Morgan fingerprint density at radius 1 is 1.14 bits per heavy atom. The lowest BCUT2D eigenvalue weighted by Gasteiger charge is -2.26. The molecule has 0 aliphatic heterocycles. The highest BCUT2D eigenvalue weighted by Gasteiger charge is 2.21. The van der Waals surface area contributed by atoms with Gasteiger partial charge in [-0.2, -0.15) is 0 Å². The second-order valence-electron chi connectivity index (χ2n) is 5.51. The Balaban J connectivity index is 1.50. The summed E-state index contributed by atoms with van der Waals surface area (Å²) in [5, 5.41) is 3.61. The number of nitrogens with one attached hydrogen (secondary N) is 1. The third kappa shape index (κ3) is 3.61. The molecule has 0 aromatic rings. The average Bonchev–Trinajstić information content (AvgIpc) is 2.96. The largest absolute Gasteiger partial charge is 0.314 e. The summed E-state index contributed by atoms with van der Waals surface area (Å²) in [5.74, 6) is 2.06. The monoisotopic (exact) mass is 195 g/mol. The first-order valence-corrected chi connectivity index (χ1v) is 6.58. The summed E-state index contributed by atoms with van der Waals surface area (Å²) in [6, 6.07) is 0.903. The van der Waals surface area contributed by atoms with Gasteiger partial charge in [0, 0.05) is 6.04 Å². The molecule has 14 heavy (non-hydrogen) atoms. The van der Waals surface area contributed by atoms with Gasteiger partial charge in [0.1, 0.15) is 0 Å². The second kappa shape index (κ2) is 5.16. The summed E-state index contributed by atoms with van der Waals surface area (Å²) in [4.78, 5) is 0. The molecule has 0 saturated heterocycles. The topological polar surface area (TPSA) is 12.0 Å². The van der Waals surface area contributed by atoms with Gasteiger partial charge >= 0.3 is 0 Å². The Kier molecular flexibility index (Phi) is 3.86. The fourth-order valence-corrected chi connectivity index (χ4v) is 2.81. The van der Waals surface area contributed by atoms with Crippen LogP contribution in [-0.4, -0.2) is 12.6 Å². The SMILES string of the molecule is CC1CCCC(CCCNC2CC2)C1. The van der Waals surface area contributed by atoms with Crippen LogP contribution in [0.5, 0.6) is 0 Å². The van der Waals surface area contributed by atoms with Crippen LogP contribution in [0.4, 0.5) is 0 Å². The summed E-state index contributed by atoms with van der Waals surface area (Å²) in [6.45, 7) is 3.70. The first kappa shape index (κ1) is 10.5. The molecule has 2 aliphatic rings. The predicted octanol–water partition coefficient (Wildman–Crippen LogP) is 3.34. The van der Waals surface area contributed by atoms with Crippen LogP contribution >= 0.6 is 0 Å². The second-order valence-corrected chi connectivity index (χ2v) is 5.51. The van der Waals surface area contributed by atoms with E-state index in [2.05, 4.69) is 12.2 Å². The summed E-state index contributed by atoms with van der Waals surface area (Å²) < 4.78 is 0. The third-order valence-electron chi connectivity index (χ3n) is 3.84. The predicted molar refractivity (Wildman–Crippen MR) is 61.4 cm³/mol. The molecule has 1 N–H and O–H groups in total. The number of rotatable bonds is 5. The zero-order valence-electron chi connectivity index (χ0n) is 9.60. The fraction of sp³-hybridized carbons (Fsp3) is 1.00. The molecule has 2 fully saturated rings. The zero-order valence-corrected chi connectivity index (χ0v) is 9.60.